The molecule has 0 aliphatic carbocycles. The average molecular weight is 307 g/mol. The van der Waals surface area contributed by atoms with Crippen LogP contribution in [-0.2, 0) is 10.0 Å². The van der Waals surface area contributed by atoms with E-state index in [1.807, 2.05) is 40.7 Å². The summed E-state index contributed by atoms with van der Waals surface area (Å²) in [7, 11) is -3.44. The van der Waals surface area contributed by atoms with E-state index in [4.69, 9.17) is 0 Å². The van der Waals surface area contributed by atoms with Gasteiger partial charge in [-0.15, -0.1) is 5.73 Å². The third-order valence-corrected chi connectivity index (χ3v) is 4.53. The fourth-order valence-corrected chi connectivity index (χ4v) is 2.94. The molecule has 1 aromatic carbocycles. The zero-order valence-corrected chi connectivity index (χ0v) is 14.3. The van der Waals surface area contributed by atoms with E-state index in [1.54, 1.807) is 24.3 Å². The molecule has 1 rings (SSSR count). The van der Waals surface area contributed by atoms with Gasteiger partial charge in [-0.1, -0.05) is 31.5 Å². The fourth-order valence-electron chi connectivity index (χ4n) is 1.69. The summed E-state index contributed by atoms with van der Waals surface area (Å²) in [5.74, 6) is 0. The highest BCUT2D eigenvalue weighted by molar-refractivity contribution is 7.89. The topological polar surface area (TPSA) is 46.2 Å². The molecule has 0 atom stereocenters. The minimum Gasteiger partial charge on any atom is -0.211 e. The normalized spacial score (nSPS) is 11.9. The smallest absolute Gasteiger partial charge is 0.211 e. The van der Waals surface area contributed by atoms with E-state index in [0.29, 0.717) is 11.4 Å². The quantitative estimate of drug-likeness (QED) is 0.812. The lowest BCUT2D eigenvalue weighted by Crippen LogP contribution is -2.33. The number of hydrogen-bond acceptors (Lipinski definition) is 2. The minimum atomic E-state index is -3.44. The number of sulfonamides is 1. The first-order valence-corrected chi connectivity index (χ1v) is 8.55. The molecule has 0 amide bonds. The molecular weight excluding hydrogens is 282 g/mol. The lowest BCUT2D eigenvalue weighted by Gasteiger charge is -2.23. The van der Waals surface area contributed by atoms with E-state index >= 15 is 0 Å². The first-order chi connectivity index (χ1) is 9.62. The van der Waals surface area contributed by atoms with Crippen LogP contribution in [0.4, 0.5) is 0 Å². The second kappa shape index (κ2) is 7.08. The Labute approximate surface area is 128 Å². The fraction of sp³-hybridized carbons (Fsp3) is 0.471. The first-order valence-electron chi connectivity index (χ1n) is 7.07. The number of hydrogen-bond donors (Lipinski definition) is 1. The largest absolute Gasteiger partial charge is 0.240 e. The predicted molar refractivity (Wildman–Crippen MR) is 87.7 cm³/mol. The van der Waals surface area contributed by atoms with Gasteiger partial charge in [-0.05, 0) is 56.4 Å². The monoisotopic (exact) mass is 307 g/mol. The third-order valence-electron chi connectivity index (χ3n) is 3.12. The van der Waals surface area contributed by atoms with Gasteiger partial charge in [0.15, 0.2) is 0 Å². The molecule has 1 N–H and O–H groups in total. The molecule has 0 spiro atoms. The molecule has 3 nitrogen and oxygen atoms in total. The maximum Gasteiger partial charge on any atom is 0.240 e. The van der Waals surface area contributed by atoms with Crippen LogP contribution in [0.5, 0.6) is 0 Å². The molecule has 0 aliphatic rings. The van der Waals surface area contributed by atoms with Crippen LogP contribution >= 0.6 is 0 Å². The molecule has 0 heterocycles. The summed E-state index contributed by atoms with van der Waals surface area (Å²) in [5.41, 5.74) is 5.16. The van der Waals surface area contributed by atoms with Crippen LogP contribution in [0.1, 0.15) is 39.7 Å². The molecule has 0 aromatic heterocycles. The van der Waals surface area contributed by atoms with Gasteiger partial charge >= 0.3 is 0 Å². The lowest BCUT2D eigenvalue weighted by molar-refractivity contribution is 0.368. The summed E-state index contributed by atoms with van der Waals surface area (Å²) < 4.78 is 27.2. The van der Waals surface area contributed by atoms with Crippen LogP contribution < -0.4 is 4.72 Å². The molecule has 0 bridgehead atoms. The van der Waals surface area contributed by atoms with E-state index in [0.717, 1.165) is 17.6 Å². The number of rotatable bonds is 6. The van der Waals surface area contributed by atoms with Gasteiger partial charge in [0.25, 0.3) is 0 Å². The Morgan fingerprint density at radius 2 is 1.81 bits per heavy atom. The molecule has 0 unspecified atom stereocenters. The Kier molecular flexibility index (Phi) is 5.97. The Bertz CT molecular complexity index is 630. The van der Waals surface area contributed by atoms with Crippen molar-refractivity contribution in [2.45, 2.75) is 45.9 Å². The van der Waals surface area contributed by atoms with Crippen LogP contribution in [0.25, 0.3) is 0 Å². The van der Waals surface area contributed by atoms with Gasteiger partial charge in [0, 0.05) is 6.54 Å². The predicted octanol–water partition coefficient (Wildman–Crippen LogP) is 3.81. The van der Waals surface area contributed by atoms with Crippen molar-refractivity contribution in [3.8, 4) is 0 Å². The number of nitrogens with one attached hydrogen (secondary N) is 1. The van der Waals surface area contributed by atoms with Gasteiger partial charge in [-0.2, -0.15) is 0 Å². The Morgan fingerprint density at radius 1 is 1.24 bits per heavy atom. The number of benzene rings is 1. The second-order valence-electron chi connectivity index (χ2n) is 6.35. The van der Waals surface area contributed by atoms with Gasteiger partial charge in [0.1, 0.15) is 0 Å². The van der Waals surface area contributed by atoms with Crippen LogP contribution in [0.3, 0.4) is 0 Å². The van der Waals surface area contributed by atoms with Crippen molar-refractivity contribution in [1.82, 2.24) is 4.72 Å². The standard InChI is InChI=1S/C17H25NO2S/c1-14(2)7-6-12-17(4,5)13-18-21(19,20)16-10-8-15(3)9-11-16/h6,8-11,18H,12-13H2,1-5H3. The van der Waals surface area contributed by atoms with Crippen LogP contribution in [0.15, 0.2) is 46.5 Å². The zero-order valence-electron chi connectivity index (χ0n) is 13.5. The number of aryl methyl sites for hydroxylation is 1. The first kappa shape index (κ1) is 17.7. The lowest BCUT2D eigenvalue weighted by atomic mass is 9.90. The van der Waals surface area contributed by atoms with Gasteiger partial charge in [0.05, 0.1) is 4.90 Å². The molecule has 4 heteroatoms. The molecule has 116 valence electrons. The highest BCUT2D eigenvalue weighted by Crippen LogP contribution is 2.21. The maximum absolute atomic E-state index is 12.2. The molecular formula is C17H25NO2S. The van der Waals surface area contributed by atoms with Crippen molar-refractivity contribution in [3.05, 3.63) is 47.2 Å². The molecule has 0 aliphatic heterocycles. The molecule has 21 heavy (non-hydrogen) atoms. The van der Waals surface area contributed by atoms with E-state index in [2.05, 4.69) is 10.5 Å². The second-order valence-corrected chi connectivity index (χ2v) is 8.12. The van der Waals surface area contributed by atoms with Gasteiger partial charge < -0.3 is 0 Å². The Hall–Kier alpha value is -1.35. The summed E-state index contributed by atoms with van der Waals surface area (Å²) in [6.45, 7) is 10.4. The number of allylic oxidation sites excluding steroid dienone is 1. The van der Waals surface area contributed by atoms with Crippen molar-refractivity contribution in [2.24, 2.45) is 5.41 Å². The van der Waals surface area contributed by atoms with Crippen molar-refractivity contribution >= 4 is 10.0 Å². The van der Waals surface area contributed by atoms with Crippen molar-refractivity contribution in [1.29, 1.82) is 0 Å². The Morgan fingerprint density at radius 3 is 2.33 bits per heavy atom. The molecule has 0 radical (unpaired) electrons. The van der Waals surface area contributed by atoms with E-state index in [9.17, 15) is 8.42 Å². The van der Waals surface area contributed by atoms with Gasteiger partial charge in [-0.25, -0.2) is 13.1 Å². The summed E-state index contributed by atoms with van der Waals surface area (Å²) in [5, 5.41) is 0. The van der Waals surface area contributed by atoms with Crippen molar-refractivity contribution in [3.63, 3.8) is 0 Å². The molecule has 0 saturated heterocycles. The van der Waals surface area contributed by atoms with E-state index < -0.39 is 10.0 Å². The SMILES string of the molecule is CC(C)=C=CCC(C)(C)CNS(=O)(=O)c1ccc(C)cc1. The maximum atomic E-state index is 12.2. The van der Waals surface area contributed by atoms with E-state index in [-0.39, 0.29) is 5.41 Å². The third kappa shape index (κ3) is 6.30. The summed E-state index contributed by atoms with van der Waals surface area (Å²) in [6, 6.07) is 6.87. The highest BCUT2D eigenvalue weighted by atomic mass is 32.2. The van der Waals surface area contributed by atoms with Crippen LogP contribution in [0.2, 0.25) is 0 Å². The molecule has 0 fully saturated rings. The summed E-state index contributed by atoms with van der Waals surface area (Å²) in [4.78, 5) is 0.309. The molecule has 1 aromatic rings. The highest BCUT2D eigenvalue weighted by Gasteiger charge is 2.21. The summed E-state index contributed by atoms with van der Waals surface area (Å²) in [6.07, 6.45) is 2.74. The van der Waals surface area contributed by atoms with Crippen LogP contribution in [-0.4, -0.2) is 15.0 Å². The van der Waals surface area contributed by atoms with E-state index in [1.165, 1.54) is 0 Å². The minimum absolute atomic E-state index is 0.153. The zero-order chi connectivity index (χ0) is 16.1. The molecule has 0 saturated carbocycles. The Balaban J connectivity index is 2.72. The average Bonchev–Trinajstić information content (AvgIpc) is 2.36. The van der Waals surface area contributed by atoms with Gasteiger partial charge in [-0.3, -0.25) is 0 Å². The van der Waals surface area contributed by atoms with Crippen molar-refractivity contribution in [2.75, 3.05) is 6.54 Å². The summed E-state index contributed by atoms with van der Waals surface area (Å²) >= 11 is 0. The van der Waals surface area contributed by atoms with Gasteiger partial charge in [0.2, 0.25) is 10.0 Å². The van der Waals surface area contributed by atoms with Crippen LogP contribution in [0, 0.1) is 12.3 Å². The van der Waals surface area contributed by atoms with Crippen molar-refractivity contribution < 1.29 is 8.42 Å².